The van der Waals surface area contributed by atoms with E-state index >= 15 is 0 Å². The summed E-state index contributed by atoms with van der Waals surface area (Å²) in [4.78, 5) is 7.28. The Balaban J connectivity index is 2.01. The van der Waals surface area contributed by atoms with E-state index in [0.717, 1.165) is 26.2 Å². The number of piperazine rings is 1. The lowest BCUT2D eigenvalue weighted by molar-refractivity contribution is 0.165. The summed E-state index contributed by atoms with van der Waals surface area (Å²) in [6.07, 6.45) is 0. The van der Waals surface area contributed by atoms with E-state index in [1.54, 1.807) is 11.3 Å². The molecular weight excluding hydrogens is 230 g/mol. The summed E-state index contributed by atoms with van der Waals surface area (Å²) in [5, 5.41) is 6.88. The van der Waals surface area contributed by atoms with Crippen LogP contribution in [0.15, 0.2) is 5.38 Å². The summed E-state index contributed by atoms with van der Waals surface area (Å²) < 4.78 is 0. The van der Waals surface area contributed by atoms with E-state index < -0.39 is 0 Å². The van der Waals surface area contributed by atoms with Gasteiger partial charge in [-0.2, -0.15) is 0 Å². The SMILES string of the molecule is C[C@@H]1CNCCN1Cc1nc(C(C)(C)C)cs1. The monoisotopic (exact) mass is 253 g/mol. The van der Waals surface area contributed by atoms with Gasteiger partial charge in [0.15, 0.2) is 0 Å². The van der Waals surface area contributed by atoms with E-state index in [1.165, 1.54) is 10.7 Å². The molecule has 0 unspecified atom stereocenters. The Bertz CT molecular complexity index is 367. The molecule has 0 spiro atoms. The van der Waals surface area contributed by atoms with Gasteiger partial charge in [-0.3, -0.25) is 4.90 Å². The van der Waals surface area contributed by atoms with Crippen molar-refractivity contribution in [1.82, 2.24) is 15.2 Å². The Labute approximate surface area is 108 Å². The molecule has 2 heterocycles. The van der Waals surface area contributed by atoms with Crippen LogP contribution in [0, 0.1) is 0 Å². The van der Waals surface area contributed by atoms with Crippen LogP contribution in [-0.4, -0.2) is 35.6 Å². The molecule has 1 saturated heterocycles. The highest BCUT2D eigenvalue weighted by Gasteiger charge is 2.21. The second kappa shape index (κ2) is 5.04. The zero-order chi connectivity index (χ0) is 12.5. The van der Waals surface area contributed by atoms with Crippen LogP contribution in [0.1, 0.15) is 38.4 Å². The first-order chi connectivity index (χ1) is 7.97. The maximum Gasteiger partial charge on any atom is 0.107 e. The van der Waals surface area contributed by atoms with E-state index in [4.69, 9.17) is 4.98 Å². The predicted molar refractivity (Wildman–Crippen MR) is 73.6 cm³/mol. The fourth-order valence-corrected chi connectivity index (χ4v) is 3.07. The molecule has 0 amide bonds. The van der Waals surface area contributed by atoms with Gasteiger partial charge in [0.05, 0.1) is 12.2 Å². The number of aromatic nitrogens is 1. The molecule has 1 aromatic rings. The van der Waals surface area contributed by atoms with Gasteiger partial charge < -0.3 is 5.32 Å². The normalized spacial score (nSPS) is 22.9. The van der Waals surface area contributed by atoms with Crippen molar-refractivity contribution in [3.05, 3.63) is 16.1 Å². The highest BCUT2D eigenvalue weighted by atomic mass is 32.1. The molecule has 1 N–H and O–H groups in total. The zero-order valence-corrected chi connectivity index (χ0v) is 12.1. The number of hydrogen-bond acceptors (Lipinski definition) is 4. The number of rotatable bonds is 2. The summed E-state index contributed by atoms with van der Waals surface area (Å²) in [5.41, 5.74) is 1.39. The molecule has 4 heteroatoms. The average molecular weight is 253 g/mol. The minimum atomic E-state index is 0.170. The van der Waals surface area contributed by atoms with Crippen molar-refractivity contribution in [2.45, 2.75) is 45.7 Å². The second-order valence-corrected chi connectivity index (χ2v) is 6.84. The van der Waals surface area contributed by atoms with Crippen LogP contribution in [0.4, 0.5) is 0 Å². The molecule has 0 bridgehead atoms. The first kappa shape index (κ1) is 13.0. The van der Waals surface area contributed by atoms with Gasteiger partial charge >= 0.3 is 0 Å². The molecular formula is C13H23N3S. The Morgan fingerprint density at radius 1 is 1.53 bits per heavy atom. The quantitative estimate of drug-likeness (QED) is 0.876. The molecule has 1 fully saturated rings. The molecule has 2 rings (SSSR count). The van der Waals surface area contributed by atoms with Crippen LogP contribution >= 0.6 is 11.3 Å². The predicted octanol–water partition coefficient (Wildman–Crippen LogP) is 2.23. The number of thiazole rings is 1. The van der Waals surface area contributed by atoms with Gasteiger partial charge in [0, 0.05) is 36.5 Å². The third kappa shape index (κ3) is 3.27. The highest BCUT2D eigenvalue weighted by molar-refractivity contribution is 7.09. The van der Waals surface area contributed by atoms with Crippen LogP contribution in [0.2, 0.25) is 0 Å². The van der Waals surface area contributed by atoms with Gasteiger partial charge in [-0.05, 0) is 6.92 Å². The van der Waals surface area contributed by atoms with Crippen molar-refractivity contribution < 1.29 is 0 Å². The van der Waals surface area contributed by atoms with E-state index in [9.17, 15) is 0 Å². The van der Waals surface area contributed by atoms with Crippen molar-refractivity contribution in [3.63, 3.8) is 0 Å². The Kier molecular flexibility index (Phi) is 3.85. The Hall–Kier alpha value is -0.450. The van der Waals surface area contributed by atoms with Crippen LogP contribution in [0.3, 0.4) is 0 Å². The highest BCUT2D eigenvalue weighted by Crippen LogP contribution is 2.24. The fraction of sp³-hybridized carbons (Fsp3) is 0.769. The fourth-order valence-electron chi connectivity index (χ4n) is 2.02. The van der Waals surface area contributed by atoms with Crippen molar-refractivity contribution in [3.8, 4) is 0 Å². The average Bonchev–Trinajstić information content (AvgIpc) is 2.69. The number of nitrogens with zero attached hydrogens (tertiary/aromatic N) is 2. The second-order valence-electron chi connectivity index (χ2n) is 5.90. The molecule has 1 atom stereocenters. The van der Waals surface area contributed by atoms with Crippen molar-refractivity contribution in [2.24, 2.45) is 0 Å². The van der Waals surface area contributed by atoms with Gasteiger partial charge in [0.2, 0.25) is 0 Å². The van der Waals surface area contributed by atoms with Gasteiger partial charge in [-0.1, -0.05) is 20.8 Å². The molecule has 1 aliphatic rings. The van der Waals surface area contributed by atoms with E-state index in [-0.39, 0.29) is 5.41 Å². The van der Waals surface area contributed by atoms with E-state index in [0.29, 0.717) is 6.04 Å². The molecule has 17 heavy (non-hydrogen) atoms. The third-order valence-corrected chi connectivity index (χ3v) is 4.13. The van der Waals surface area contributed by atoms with Gasteiger partial charge in [0.25, 0.3) is 0 Å². The van der Waals surface area contributed by atoms with Crippen molar-refractivity contribution in [1.29, 1.82) is 0 Å². The molecule has 0 aromatic carbocycles. The van der Waals surface area contributed by atoms with Gasteiger partial charge in [-0.25, -0.2) is 4.98 Å². The minimum Gasteiger partial charge on any atom is -0.314 e. The molecule has 3 nitrogen and oxygen atoms in total. The maximum absolute atomic E-state index is 4.77. The molecule has 1 aliphatic heterocycles. The lowest BCUT2D eigenvalue weighted by Gasteiger charge is -2.33. The smallest absolute Gasteiger partial charge is 0.107 e. The number of nitrogens with one attached hydrogen (secondary N) is 1. The van der Waals surface area contributed by atoms with Crippen LogP contribution in [0.5, 0.6) is 0 Å². The summed E-state index contributed by atoms with van der Waals surface area (Å²) in [6.45, 7) is 13.3. The molecule has 0 aliphatic carbocycles. The van der Waals surface area contributed by atoms with Crippen LogP contribution in [0.25, 0.3) is 0 Å². The molecule has 1 aromatic heterocycles. The molecule has 0 saturated carbocycles. The molecule has 0 radical (unpaired) electrons. The first-order valence-electron chi connectivity index (χ1n) is 6.36. The Morgan fingerprint density at radius 3 is 2.88 bits per heavy atom. The zero-order valence-electron chi connectivity index (χ0n) is 11.3. The standard InChI is InChI=1S/C13H23N3S/c1-10-7-14-5-6-16(10)8-12-15-11(9-17-12)13(2,3)4/h9-10,14H,5-8H2,1-4H3/t10-/m1/s1. The van der Waals surface area contributed by atoms with Crippen LogP contribution < -0.4 is 5.32 Å². The van der Waals surface area contributed by atoms with E-state index in [2.05, 4.69) is 43.3 Å². The van der Waals surface area contributed by atoms with Crippen molar-refractivity contribution in [2.75, 3.05) is 19.6 Å². The van der Waals surface area contributed by atoms with E-state index in [1.807, 2.05) is 0 Å². The van der Waals surface area contributed by atoms with Crippen LogP contribution in [-0.2, 0) is 12.0 Å². The third-order valence-electron chi connectivity index (χ3n) is 3.30. The summed E-state index contributed by atoms with van der Waals surface area (Å²) >= 11 is 1.80. The largest absolute Gasteiger partial charge is 0.314 e. The number of hydrogen-bond donors (Lipinski definition) is 1. The minimum absolute atomic E-state index is 0.170. The maximum atomic E-state index is 4.77. The lowest BCUT2D eigenvalue weighted by Crippen LogP contribution is -2.49. The summed E-state index contributed by atoms with van der Waals surface area (Å²) in [5.74, 6) is 0. The first-order valence-corrected chi connectivity index (χ1v) is 7.24. The topological polar surface area (TPSA) is 28.2 Å². The van der Waals surface area contributed by atoms with Gasteiger partial charge in [0.1, 0.15) is 5.01 Å². The summed E-state index contributed by atoms with van der Waals surface area (Å²) in [6, 6.07) is 0.616. The van der Waals surface area contributed by atoms with Gasteiger partial charge in [-0.15, -0.1) is 11.3 Å². The lowest BCUT2D eigenvalue weighted by atomic mass is 9.93. The molecule has 96 valence electrons. The van der Waals surface area contributed by atoms with Crippen molar-refractivity contribution >= 4 is 11.3 Å². The Morgan fingerprint density at radius 2 is 2.29 bits per heavy atom. The summed E-state index contributed by atoms with van der Waals surface area (Å²) in [7, 11) is 0.